The van der Waals surface area contributed by atoms with Crippen LogP contribution in [0.4, 0.5) is 5.82 Å². The van der Waals surface area contributed by atoms with Gasteiger partial charge in [0, 0.05) is 5.39 Å². The summed E-state index contributed by atoms with van der Waals surface area (Å²) in [7, 11) is 0. The predicted octanol–water partition coefficient (Wildman–Crippen LogP) is 2.24. The molecule has 0 radical (unpaired) electrons. The summed E-state index contributed by atoms with van der Waals surface area (Å²) in [6.07, 6.45) is 0. The number of esters is 1. The molecule has 1 amide bonds. The molecular formula is C16H13N3O3. The van der Waals surface area contributed by atoms with Gasteiger partial charge in [0.1, 0.15) is 6.61 Å². The number of benzene rings is 2. The minimum Gasteiger partial charge on any atom is -0.454 e. The zero-order chi connectivity index (χ0) is 15.4. The highest BCUT2D eigenvalue weighted by Crippen LogP contribution is 2.19. The summed E-state index contributed by atoms with van der Waals surface area (Å²) in [5, 5.41) is 9.92. The number of rotatable bonds is 3. The van der Waals surface area contributed by atoms with Crippen molar-refractivity contribution in [3.63, 3.8) is 0 Å². The highest BCUT2D eigenvalue weighted by atomic mass is 16.5. The van der Waals surface area contributed by atoms with Crippen molar-refractivity contribution in [2.24, 2.45) is 0 Å². The average Bonchev–Trinajstić information content (AvgIpc) is 2.97. The molecule has 0 atom stereocenters. The first-order chi connectivity index (χ1) is 10.7. The maximum absolute atomic E-state index is 11.8. The lowest BCUT2D eigenvalue weighted by Gasteiger charge is -2.04. The molecule has 6 heteroatoms. The lowest BCUT2D eigenvalue weighted by atomic mass is 10.2. The highest BCUT2D eigenvalue weighted by Gasteiger charge is 2.18. The summed E-state index contributed by atoms with van der Waals surface area (Å²) in [6.45, 7) is 0.0500. The number of anilines is 1. The minimum absolute atomic E-state index is 0.0500. The van der Waals surface area contributed by atoms with Gasteiger partial charge >= 0.3 is 11.9 Å². The van der Waals surface area contributed by atoms with Gasteiger partial charge in [-0.05, 0) is 17.7 Å². The van der Waals surface area contributed by atoms with Gasteiger partial charge in [-0.15, -0.1) is 0 Å². The Kier molecular flexibility index (Phi) is 3.82. The number of para-hydroxylation sites is 1. The number of aromatic amines is 1. The van der Waals surface area contributed by atoms with Crippen LogP contribution in [0.2, 0.25) is 0 Å². The SMILES string of the molecule is O=C(Nc1n[nH]c2ccccc12)C(=O)OCc1ccccc1. The average molecular weight is 295 g/mol. The van der Waals surface area contributed by atoms with E-state index < -0.39 is 11.9 Å². The Morgan fingerprint density at radius 1 is 1.05 bits per heavy atom. The molecule has 2 N–H and O–H groups in total. The first-order valence-electron chi connectivity index (χ1n) is 6.69. The monoisotopic (exact) mass is 295 g/mol. The van der Waals surface area contributed by atoms with Crippen molar-refractivity contribution in [1.82, 2.24) is 10.2 Å². The lowest BCUT2D eigenvalue weighted by Crippen LogP contribution is -2.25. The first-order valence-corrected chi connectivity index (χ1v) is 6.69. The summed E-state index contributed by atoms with van der Waals surface area (Å²) < 4.78 is 4.96. The molecule has 0 saturated heterocycles. The number of ether oxygens (including phenoxy) is 1. The second kappa shape index (κ2) is 6.09. The maximum atomic E-state index is 11.8. The van der Waals surface area contributed by atoms with E-state index in [2.05, 4.69) is 15.5 Å². The van der Waals surface area contributed by atoms with Gasteiger partial charge in [0.25, 0.3) is 0 Å². The van der Waals surface area contributed by atoms with Gasteiger partial charge in [0.05, 0.1) is 5.52 Å². The lowest BCUT2D eigenvalue weighted by molar-refractivity contribution is -0.153. The third-order valence-corrected chi connectivity index (χ3v) is 3.10. The number of carbonyl (C=O) groups is 2. The second-order valence-electron chi connectivity index (χ2n) is 4.63. The molecule has 0 aliphatic rings. The minimum atomic E-state index is -0.948. The first kappa shape index (κ1) is 13.8. The highest BCUT2D eigenvalue weighted by molar-refractivity contribution is 6.37. The summed E-state index contributed by atoms with van der Waals surface area (Å²) >= 11 is 0. The number of hydrogen-bond donors (Lipinski definition) is 2. The van der Waals surface area contributed by atoms with Crippen LogP contribution in [0.15, 0.2) is 54.6 Å². The quantitative estimate of drug-likeness (QED) is 0.573. The molecular weight excluding hydrogens is 282 g/mol. The summed E-state index contributed by atoms with van der Waals surface area (Å²) in [5.41, 5.74) is 1.59. The topological polar surface area (TPSA) is 84.1 Å². The molecule has 2 aromatic carbocycles. The van der Waals surface area contributed by atoms with E-state index in [1.165, 1.54) is 0 Å². The van der Waals surface area contributed by atoms with E-state index in [-0.39, 0.29) is 6.61 Å². The number of aromatic nitrogens is 2. The molecule has 0 unspecified atom stereocenters. The zero-order valence-corrected chi connectivity index (χ0v) is 11.6. The molecule has 0 aliphatic carbocycles. The third-order valence-electron chi connectivity index (χ3n) is 3.10. The van der Waals surface area contributed by atoms with Gasteiger partial charge in [-0.25, -0.2) is 4.79 Å². The van der Waals surface area contributed by atoms with Gasteiger partial charge in [-0.2, -0.15) is 5.10 Å². The van der Waals surface area contributed by atoms with Crippen molar-refractivity contribution in [2.45, 2.75) is 6.61 Å². The number of nitrogens with one attached hydrogen (secondary N) is 2. The normalized spacial score (nSPS) is 10.4. The molecule has 0 spiro atoms. The molecule has 3 rings (SSSR count). The van der Waals surface area contributed by atoms with Crippen molar-refractivity contribution in [3.8, 4) is 0 Å². The standard InChI is InChI=1S/C16H13N3O3/c20-15(16(21)22-10-11-6-2-1-3-7-11)17-14-12-8-4-5-9-13(12)18-19-14/h1-9H,10H2,(H2,17,18,19,20). The Hall–Kier alpha value is -3.15. The van der Waals surface area contributed by atoms with Crippen LogP contribution in [0.1, 0.15) is 5.56 Å². The van der Waals surface area contributed by atoms with Crippen LogP contribution >= 0.6 is 0 Å². The Bertz CT molecular complexity index is 812. The number of hydrogen-bond acceptors (Lipinski definition) is 4. The van der Waals surface area contributed by atoms with Crippen LogP contribution in [-0.4, -0.2) is 22.1 Å². The Morgan fingerprint density at radius 2 is 1.77 bits per heavy atom. The summed E-state index contributed by atoms with van der Waals surface area (Å²) in [6, 6.07) is 16.4. The van der Waals surface area contributed by atoms with Crippen LogP contribution in [0.5, 0.6) is 0 Å². The molecule has 1 aromatic heterocycles. The predicted molar refractivity (Wildman–Crippen MR) is 81.0 cm³/mol. The Balaban J connectivity index is 1.63. The molecule has 110 valence electrons. The fourth-order valence-electron chi connectivity index (χ4n) is 2.01. The van der Waals surface area contributed by atoms with Gasteiger partial charge in [0.15, 0.2) is 5.82 Å². The van der Waals surface area contributed by atoms with Crippen LogP contribution in [0.25, 0.3) is 10.9 Å². The molecule has 0 bridgehead atoms. The molecule has 0 saturated carbocycles. The van der Waals surface area contributed by atoms with E-state index in [4.69, 9.17) is 4.74 Å². The number of H-pyrrole nitrogens is 1. The maximum Gasteiger partial charge on any atom is 0.397 e. The van der Waals surface area contributed by atoms with E-state index in [1.54, 1.807) is 6.07 Å². The van der Waals surface area contributed by atoms with Crippen LogP contribution in [-0.2, 0) is 20.9 Å². The van der Waals surface area contributed by atoms with Gasteiger partial charge < -0.3 is 4.74 Å². The fraction of sp³-hybridized carbons (Fsp3) is 0.0625. The molecule has 0 aliphatic heterocycles. The molecule has 6 nitrogen and oxygen atoms in total. The van der Waals surface area contributed by atoms with Gasteiger partial charge in [-0.3, -0.25) is 15.2 Å². The largest absolute Gasteiger partial charge is 0.454 e. The van der Waals surface area contributed by atoms with E-state index in [9.17, 15) is 9.59 Å². The van der Waals surface area contributed by atoms with E-state index in [1.807, 2.05) is 48.5 Å². The van der Waals surface area contributed by atoms with Gasteiger partial charge in [-0.1, -0.05) is 42.5 Å². The second-order valence-corrected chi connectivity index (χ2v) is 4.63. The number of nitrogens with zero attached hydrogens (tertiary/aromatic N) is 1. The van der Waals surface area contributed by atoms with Crippen molar-refractivity contribution in [3.05, 3.63) is 60.2 Å². The zero-order valence-electron chi connectivity index (χ0n) is 11.6. The van der Waals surface area contributed by atoms with Crippen molar-refractivity contribution in [1.29, 1.82) is 0 Å². The number of carbonyl (C=O) groups excluding carboxylic acids is 2. The van der Waals surface area contributed by atoms with Crippen molar-refractivity contribution >= 4 is 28.6 Å². The number of amides is 1. The van der Waals surface area contributed by atoms with Crippen LogP contribution < -0.4 is 5.32 Å². The Labute approximate surface area is 126 Å². The molecule has 0 fully saturated rings. The van der Waals surface area contributed by atoms with E-state index >= 15 is 0 Å². The van der Waals surface area contributed by atoms with Gasteiger partial charge in [0.2, 0.25) is 0 Å². The van der Waals surface area contributed by atoms with E-state index in [0.29, 0.717) is 5.82 Å². The third kappa shape index (κ3) is 2.95. The Morgan fingerprint density at radius 3 is 2.59 bits per heavy atom. The fourth-order valence-corrected chi connectivity index (χ4v) is 2.01. The van der Waals surface area contributed by atoms with Crippen LogP contribution in [0, 0.1) is 0 Å². The van der Waals surface area contributed by atoms with Crippen LogP contribution in [0.3, 0.4) is 0 Å². The summed E-state index contributed by atoms with van der Waals surface area (Å²) in [5.74, 6) is -1.50. The van der Waals surface area contributed by atoms with E-state index in [0.717, 1.165) is 16.5 Å². The number of fused-ring (bicyclic) bond motifs is 1. The molecule has 3 aromatic rings. The van der Waals surface area contributed by atoms with Crippen molar-refractivity contribution < 1.29 is 14.3 Å². The van der Waals surface area contributed by atoms with Crippen molar-refractivity contribution in [2.75, 3.05) is 5.32 Å². The molecule has 1 heterocycles. The molecule has 22 heavy (non-hydrogen) atoms. The smallest absolute Gasteiger partial charge is 0.397 e. The summed E-state index contributed by atoms with van der Waals surface area (Å²) in [4.78, 5) is 23.5.